The van der Waals surface area contributed by atoms with E-state index in [2.05, 4.69) is 67.9 Å². The lowest BCUT2D eigenvalue weighted by Gasteiger charge is -2.21. The SMILES string of the molecule is CCCN(CCBr)Cc1ccccc1Br. The van der Waals surface area contributed by atoms with Crippen LogP contribution in [0.2, 0.25) is 0 Å². The molecular weight excluding hydrogens is 318 g/mol. The maximum atomic E-state index is 3.59. The van der Waals surface area contributed by atoms with Crippen LogP contribution in [0.3, 0.4) is 0 Å². The van der Waals surface area contributed by atoms with Gasteiger partial charge >= 0.3 is 0 Å². The zero-order valence-corrected chi connectivity index (χ0v) is 12.2. The van der Waals surface area contributed by atoms with E-state index in [4.69, 9.17) is 0 Å². The highest BCUT2D eigenvalue weighted by Crippen LogP contribution is 2.17. The molecule has 0 amide bonds. The maximum absolute atomic E-state index is 3.59. The Balaban J connectivity index is 2.60. The van der Waals surface area contributed by atoms with E-state index in [9.17, 15) is 0 Å². The number of nitrogens with zero attached hydrogens (tertiary/aromatic N) is 1. The van der Waals surface area contributed by atoms with Gasteiger partial charge in [0.15, 0.2) is 0 Å². The Bertz CT molecular complexity index is 283. The average molecular weight is 335 g/mol. The fourth-order valence-electron chi connectivity index (χ4n) is 1.57. The van der Waals surface area contributed by atoms with E-state index in [-0.39, 0.29) is 0 Å². The van der Waals surface area contributed by atoms with Gasteiger partial charge in [0, 0.05) is 22.9 Å². The molecule has 0 bridgehead atoms. The van der Waals surface area contributed by atoms with Gasteiger partial charge in [-0.2, -0.15) is 0 Å². The molecule has 0 saturated carbocycles. The molecule has 0 N–H and O–H groups in total. The second-order valence-electron chi connectivity index (χ2n) is 3.56. The van der Waals surface area contributed by atoms with Crippen molar-refractivity contribution >= 4 is 31.9 Å². The summed E-state index contributed by atoms with van der Waals surface area (Å²) in [4.78, 5) is 2.47. The third-order valence-electron chi connectivity index (χ3n) is 2.29. The number of rotatable bonds is 6. The van der Waals surface area contributed by atoms with Gasteiger partial charge in [-0.25, -0.2) is 0 Å². The van der Waals surface area contributed by atoms with E-state index in [0.29, 0.717) is 0 Å². The van der Waals surface area contributed by atoms with Crippen LogP contribution in [-0.4, -0.2) is 23.3 Å². The standard InChI is InChI=1S/C12H17Br2N/c1-2-8-15(9-7-13)10-11-5-3-4-6-12(11)14/h3-6H,2,7-10H2,1H3. The summed E-state index contributed by atoms with van der Waals surface area (Å²) in [6.07, 6.45) is 1.21. The Kier molecular flexibility index (Phi) is 6.53. The minimum absolute atomic E-state index is 1.03. The van der Waals surface area contributed by atoms with Crippen LogP contribution < -0.4 is 0 Å². The monoisotopic (exact) mass is 333 g/mol. The zero-order chi connectivity index (χ0) is 11.1. The van der Waals surface area contributed by atoms with Crippen molar-refractivity contribution in [1.29, 1.82) is 0 Å². The third-order valence-corrected chi connectivity index (χ3v) is 3.42. The smallest absolute Gasteiger partial charge is 0.0245 e. The molecule has 0 unspecified atom stereocenters. The lowest BCUT2D eigenvalue weighted by molar-refractivity contribution is 0.283. The number of hydrogen-bond acceptors (Lipinski definition) is 1. The maximum Gasteiger partial charge on any atom is 0.0245 e. The van der Waals surface area contributed by atoms with E-state index < -0.39 is 0 Å². The molecule has 0 aliphatic rings. The second-order valence-corrected chi connectivity index (χ2v) is 5.20. The van der Waals surface area contributed by atoms with Crippen LogP contribution in [0.4, 0.5) is 0 Å². The van der Waals surface area contributed by atoms with Crippen LogP contribution >= 0.6 is 31.9 Å². The first-order valence-electron chi connectivity index (χ1n) is 5.29. The molecule has 1 aromatic carbocycles. The van der Waals surface area contributed by atoms with Gasteiger partial charge in [0.05, 0.1) is 0 Å². The summed E-state index contributed by atoms with van der Waals surface area (Å²) in [5, 5.41) is 1.04. The Labute approximate surface area is 109 Å². The lowest BCUT2D eigenvalue weighted by Crippen LogP contribution is -2.26. The minimum Gasteiger partial charge on any atom is -0.298 e. The largest absolute Gasteiger partial charge is 0.298 e. The molecule has 0 aromatic heterocycles. The van der Waals surface area contributed by atoms with Crippen LogP contribution in [0.5, 0.6) is 0 Å². The number of benzene rings is 1. The molecule has 0 radical (unpaired) electrons. The predicted octanol–water partition coefficient (Wildman–Crippen LogP) is 4.06. The normalized spacial score (nSPS) is 10.9. The van der Waals surface area contributed by atoms with Crippen molar-refractivity contribution in [2.24, 2.45) is 0 Å². The van der Waals surface area contributed by atoms with E-state index in [0.717, 1.165) is 25.0 Å². The van der Waals surface area contributed by atoms with Gasteiger partial charge in [0.25, 0.3) is 0 Å². The van der Waals surface area contributed by atoms with Gasteiger partial charge in [-0.3, -0.25) is 4.90 Å². The Morgan fingerprint density at radius 1 is 1.20 bits per heavy atom. The van der Waals surface area contributed by atoms with Crippen LogP contribution in [0.25, 0.3) is 0 Å². The van der Waals surface area contributed by atoms with Gasteiger partial charge in [0.1, 0.15) is 0 Å². The number of alkyl halides is 1. The van der Waals surface area contributed by atoms with Gasteiger partial charge in [-0.1, -0.05) is 57.0 Å². The quantitative estimate of drug-likeness (QED) is 0.709. The first kappa shape index (κ1) is 13.2. The highest BCUT2D eigenvalue weighted by atomic mass is 79.9. The molecule has 0 saturated heterocycles. The molecule has 0 fully saturated rings. The van der Waals surface area contributed by atoms with Crippen LogP contribution in [-0.2, 0) is 6.54 Å². The summed E-state index contributed by atoms with van der Waals surface area (Å²) in [6.45, 7) is 5.52. The van der Waals surface area contributed by atoms with Crippen molar-refractivity contribution in [3.05, 3.63) is 34.3 Å². The number of halogens is 2. The topological polar surface area (TPSA) is 3.24 Å². The molecule has 15 heavy (non-hydrogen) atoms. The lowest BCUT2D eigenvalue weighted by atomic mass is 10.2. The highest BCUT2D eigenvalue weighted by Gasteiger charge is 2.06. The summed E-state index contributed by atoms with van der Waals surface area (Å²) in [5.74, 6) is 0. The molecular formula is C12H17Br2N. The molecule has 0 aliphatic carbocycles. The average Bonchev–Trinajstić information content (AvgIpc) is 2.22. The minimum atomic E-state index is 1.03. The van der Waals surface area contributed by atoms with Gasteiger partial charge in [0.2, 0.25) is 0 Å². The Hall–Kier alpha value is 0.140. The molecule has 3 heteroatoms. The molecule has 0 atom stereocenters. The summed E-state index contributed by atoms with van der Waals surface area (Å²) < 4.78 is 1.21. The fourth-order valence-corrected chi connectivity index (χ4v) is 2.48. The zero-order valence-electron chi connectivity index (χ0n) is 9.05. The Morgan fingerprint density at radius 2 is 1.93 bits per heavy atom. The fraction of sp³-hybridized carbons (Fsp3) is 0.500. The van der Waals surface area contributed by atoms with E-state index in [1.807, 2.05) is 0 Å². The predicted molar refractivity (Wildman–Crippen MR) is 73.5 cm³/mol. The van der Waals surface area contributed by atoms with Crippen molar-refractivity contribution in [2.75, 3.05) is 18.4 Å². The van der Waals surface area contributed by atoms with Crippen molar-refractivity contribution in [3.63, 3.8) is 0 Å². The molecule has 1 nitrogen and oxygen atoms in total. The highest BCUT2D eigenvalue weighted by molar-refractivity contribution is 9.10. The summed E-state index contributed by atoms with van der Waals surface area (Å²) in [7, 11) is 0. The molecule has 0 heterocycles. The Morgan fingerprint density at radius 3 is 2.53 bits per heavy atom. The third kappa shape index (κ3) is 4.66. The van der Waals surface area contributed by atoms with Crippen molar-refractivity contribution in [1.82, 2.24) is 4.90 Å². The molecule has 0 aliphatic heterocycles. The van der Waals surface area contributed by atoms with Crippen molar-refractivity contribution < 1.29 is 0 Å². The molecule has 1 aromatic rings. The molecule has 0 spiro atoms. The second kappa shape index (κ2) is 7.42. The van der Waals surface area contributed by atoms with Crippen LogP contribution in [0, 0.1) is 0 Å². The summed E-state index contributed by atoms with van der Waals surface area (Å²) >= 11 is 7.09. The van der Waals surface area contributed by atoms with Crippen molar-refractivity contribution in [2.45, 2.75) is 19.9 Å². The van der Waals surface area contributed by atoms with Gasteiger partial charge in [-0.05, 0) is 24.6 Å². The molecule has 1 rings (SSSR count). The molecule has 84 valence electrons. The van der Waals surface area contributed by atoms with Crippen LogP contribution in [0.15, 0.2) is 28.7 Å². The van der Waals surface area contributed by atoms with E-state index >= 15 is 0 Å². The first-order chi connectivity index (χ1) is 7.27. The van der Waals surface area contributed by atoms with Crippen LogP contribution in [0.1, 0.15) is 18.9 Å². The van der Waals surface area contributed by atoms with E-state index in [1.165, 1.54) is 16.5 Å². The summed E-state index contributed by atoms with van der Waals surface area (Å²) in [6, 6.07) is 8.44. The van der Waals surface area contributed by atoms with Gasteiger partial charge in [-0.15, -0.1) is 0 Å². The van der Waals surface area contributed by atoms with Crippen molar-refractivity contribution in [3.8, 4) is 0 Å². The first-order valence-corrected chi connectivity index (χ1v) is 7.21. The number of hydrogen-bond donors (Lipinski definition) is 0. The van der Waals surface area contributed by atoms with Gasteiger partial charge < -0.3 is 0 Å². The van der Waals surface area contributed by atoms with E-state index in [1.54, 1.807) is 0 Å². The summed E-state index contributed by atoms with van der Waals surface area (Å²) in [5.41, 5.74) is 1.37.